The molecule has 0 atom stereocenters. The van der Waals surface area contributed by atoms with E-state index >= 15 is 0 Å². The maximum Gasteiger partial charge on any atom is 0.129 e. The Morgan fingerprint density at radius 3 is 1.80 bits per heavy atom. The Hall–Kier alpha value is -2.30. The molecule has 5 heteroatoms. The lowest BCUT2D eigenvalue weighted by Crippen LogP contribution is -1.98. The van der Waals surface area contributed by atoms with Gasteiger partial charge >= 0.3 is 0 Å². The molecule has 0 radical (unpaired) electrons. The fourth-order valence-corrected chi connectivity index (χ4v) is 1.73. The predicted molar refractivity (Wildman–Crippen MR) is 70.2 cm³/mol. The number of benzene rings is 2. The standard InChI is InChI=1S/C15H14F2O3/c1-18-13-3-10(4-14(8-13)19-2)9-20-15-6-11(16)5-12(17)7-15/h3-8H,9H2,1-2H3. The maximum absolute atomic E-state index is 13.0. The third kappa shape index (κ3) is 3.60. The van der Waals surface area contributed by atoms with Crippen LogP contribution in [0.3, 0.4) is 0 Å². The van der Waals surface area contributed by atoms with Gasteiger partial charge in [0.15, 0.2) is 0 Å². The fraction of sp³-hybridized carbons (Fsp3) is 0.200. The van der Waals surface area contributed by atoms with Crippen LogP contribution < -0.4 is 14.2 Å². The molecule has 0 aromatic heterocycles. The minimum atomic E-state index is -0.678. The van der Waals surface area contributed by atoms with Crippen molar-refractivity contribution < 1.29 is 23.0 Å². The van der Waals surface area contributed by atoms with E-state index in [1.54, 1.807) is 32.4 Å². The number of hydrogen-bond acceptors (Lipinski definition) is 3. The van der Waals surface area contributed by atoms with Gasteiger partial charge in [0.2, 0.25) is 0 Å². The normalized spacial score (nSPS) is 10.2. The highest BCUT2D eigenvalue weighted by molar-refractivity contribution is 5.38. The van der Waals surface area contributed by atoms with Crippen molar-refractivity contribution in [3.63, 3.8) is 0 Å². The van der Waals surface area contributed by atoms with Gasteiger partial charge in [-0.2, -0.15) is 0 Å². The van der Waals surface area contributed by atoms with Gasteiger partial charge in [0.25, 0.3) is 0 Å². The molecule has 0 fully saturated rings. The van der Waals surface area contributed by atoms with E-state index in [0.717, 1.165) is 23.8 Å². The number of rotatable bonds is 5. The molecule has 0 saturated carbocycles. The van der Waals surface area contributed by atoms with E-state index in [-0.39, 0.29) is 12.4 Å². The summed E-state index contributed by atoms with van der Waals surface area (Å²) in [6, 6.07) is 8.30. The van der Waals surface area contributed by atoms with Crippen LogP contribution in [-0.2, 0) is 6.61 Å². The fourth-order valence-electron chi connectivity index (χ4n) is 1.73. The number of halogens is 2. The van der Waals surface area contributed by atoms with Crippen LogP contribution in [0.1, 0.15) is 5.56 Å². The van der Waals surface area contributed by atoms with Crippen molar-refractivity contribution in [1.82, 2.24) is 0 Å². The average molecular weight is 280 g/mol. The van der Waals surface area contributed by atoms with Crippen LogP contribution in [0, 0.1) is 11.6 Å². The van der Waals surface area contributed by atoms with E-state index in [1.807, 2.05) is 0 Å². The molecular weight excluding hydrogens is 266 g/mol. The minimum absolute atomic E-state index is 0.129. The topological polar surface area (TPSA) is 27.7 Å². The largest absolute Gasteiger partial charge is 0.497 e. The lowest BCUT2D eigenvalue weighted by Gasteiger charge is -2.10. The van der Waals surface area contributed by atoms with Crippen LogP contribution in [0.2, 0.25) is 0 Å². The summed E-state index contributed by atoms with van der Waals surface area (Å²) in [5.41, 5.74) is 0.769. The summed E-state index contributed by atoms with van der Waals surface area (Å²) < 4.78 is 41.7. The molecule has 0 amide bonds. The highest BCUT2D eigenvalue weighted by atomic mass is 19.1. The zero-order valence-electron chi connectivity index (χ0n) is 11.2. The van der Waals surface area contributed by atoms with E-state index in [2.05, 4.69) is 0 Å². The smallest absolute Gasteiger partial charge is 0.129 e. The SMILES string of the molecule is COc1cc(COc2cc(F)cc(F)c2)cc(OC)c1. The Labute approximate surface area is 115 Å². The van der Waals surface area contributed by atoms with Crippen LogP contribution in [0.25, 0.3) is 0 Å². The Bertz CT molecular complexity index is 557. The van der Waals surface area contributed by atoms with Crippen molar-refractivity contribution in [2.45, 2.75) is 6.61 Å². The highest BCUT2D eigenvalue weighted by Gasteiger charge is 2.05. The van der Waals surface area contributed by atoms with Crippen molar-refractivity contribution in [2.24, 2.45) is 0 Å². The molecule has 0 aliphatic carbocycles. The molecule has 2 rings (SSSR count). The molecule has 2 aromatic rings. The molecule has 0 N–H and O–H groups in total. The highest BCUT2D eigenvalue weighted by Crippen LogP contribution is 2.24. The Morgan fingerprint density at radius 2 is 1.30 bits per heavy atom. The van der Waals surface area contributed by atoms with Crippen molar-refractivity contribution in [2.75, 3.05) is 14.2 Å². The van der Waals surface area contributed by atoms with Gasteiger partial charge in [0.1, 0.15) is 35.5 Å². The summed E-state index contributed by atoms with van der Waals surface area (Å²) in [5.74, 6) is 0.0116. The van der Waals surface area contributed by atoms with E-state index in [1.165, 1.54) is 0 Å². The Morgan fingerprint density at radius 1 is 0.750 bits per heavy atom. The van der Waals surface area contributed by atoms with Gasteiger partial charge in [0.05, 0.1) is 14.2 Å². The van der Waals surface area contributed by atoms with Crippen LogP contribution in [0.15, 0.2) is 36.4 Å². The summed E-state index contributed by atoms with van der Waals surface area (Å²) >= 11 is 0. The molecule has 0 aliphatic rings. The van der Waals surface area contributed by atoms with E-state index in [4.69, 9.17) is 14.2 Å². The zero-order chi connectivity index (χ0) is 14.5. The first-order chi connectivity index (χ1) is 9.60. The molecule has 0 aliphatic heterocycles. The molecule has 3 nitrogen and oxygen atoms in total. The molecule has 0 bridgehead atoms. The molecule has 0 spiro atoms. The van der Waals surface area contributed by atoms with Crippen molar-refractivity contribution in [3.05, 3.63) is 53.6 Å². The third-order valence-electron chi connectivity index (χ3n) is 2.65. The summed E-state index contributed by atoms with van der Waals surface area (Å²) in [5, 5.41) is 0. The lowest BCUT2D eigenvalue weighted by atomic mass is 10.2. The minimum Gasteiger partial charge on any atom is -0.497 e. The van der Waals surface area contributed by atoms with E-state index in [9.17, 15) is 8.78 Å². The van der Waals surface area contributed by atoms with Crippen LogP contribution in [-0.4, -0.2) is 14.2 Å². The predicted octanol–water partition coefficient (Wildman–Crippen LogP) is 3.56. The molecule has 0 unspecified atom stereocenters. The van der Waals surface area contributed by atoms with Gasteiger partial charge in [-0.15, -0.1) is 0 Å². The number of methoxy groups -OCH3 is 2. The first-order valence-electron chi connectivity index (χ1n) is 5.91. The monoisotopic (exact) mass is 280 g/mol. The van der Waals surface area contributed by atoms with Crippen molar-refractivity contribution in [3.8, 4) is 17.2 Å². The second kappa shape index (κ2) is 6.23. The molecule has 0 heterocycles. The van der Waals surface area contributed by atoms with Crippen molar-refractivity contribution in [1.29, 1.82) is 0 Å². The zero-order valence-corrected chi connectivity index (χ0v) is 11.2. The first-order valence-corrected chi connectivity index (χ1v) is 5.91. The Kier molecular flexibility index (Phi) is 4.40. The number of ether oxygens (including phenoxy) is 3. The van der Waals surface area contributed by atoms with Gasteiger partial charge < -0.3 is 14.2 Å². The Balaban J connectivity index is 2.13. The summed E-state index contributed by atoms with van der Waals surface area (Å²) in [4.78, 5) is 0. The molecule has 106 valence electrons. The van der Waals surface area contributed by atoms with Crippen LogP contribution in [0.5, 0.6) is 17.2 Å². The van der Waals surface area contributed by atoms with Crippen LogP contribution in [0.4, 0.5) is 8.78 Å². The van der Waals surface area contributed by atoms with Gasteiger partial charge in [-0.1, -0.05) is 0 Å². The van der Waals surface area contributed by atoms with E-state index in [0.29, 0.717) is 11.5 Å². The van der Waals surface area contributed by atoms with Gasteiger partial charge in [-0.05, 0) is 17.7 Å². The summed E-state index contributed by atoms with van der Waals surface area (Å²) in [7, 11) is 3.09. The van der Waals surface area contributed by atoms with E-state index < -0.39 is 11.6 Å². The van der Waals surface area contributed by atoms with Gasteiger partial charge in [0, 0.05) is 24.3 Å². The quantitative estimate of drug-likeness (QED) is 0.838. The molecule has 2 aromatic carbocycles. The maximum atomic E-state index is 13.0. The summed E-state index contributed by atoms with van der Waals surface area (Å²) in [6.45, 7) is 0.149. The van der Waals surface area contributed by atoms with Crippen molar-refractivity contribution >= 4 is 0 Å². The molecule has 20 heavy (non-hydrogen) atoms. The van der Waals surface area contributed by atoms with Crippen LogP contribution >= 0.6 is 0 Å². The molecular formula is C15H14F2O3. The second-order valence-electron chi connectivity index (χ2n) is 4.11. The van der Waals surface area contributed by atoms with Gasteiger partial charge in [-0.25, -0.2) is 8.78 Å². The lowest BCUT2D eigenvalue weighted by molar-refractivity contribution is 0.300. The summed E-state index contributed by atoms with van der Waals surface area (Å²) in [6.07, 6.45) is 0. The van der Waals surface area contributed by atoms with Gasteiger partial charge in [-0.3, -0.25) is 0 Å². The second-order valence-corrected chi connectivity index (χ2v) is 4.11. The molecule has 0 saturated heterocycles. The average Bonchev–Trinajstić information content (AvgIpc) is 2.43. The first kappa shape index (κ1) is 14.1. The third-order valence-corrected chi connectivity index (χ3v) is 2.65. The number of hydrogen-bond donors (Lipinski definition) is 0.